The zero-order valence-corrected chi connectivity index (χ0v) is 26.1. The number of piperidine rings is 1. The number of hydrogen-bond acceptors (Lipinski definition) is 8. The fourth-order valence-corrected chi connectivity index (χ4v) is 7.67. The van der Waals surface area contributed by atoms with Gasteiger partial charge in [-0.3, -0.25) is 0 Å². The minimum Gasteiger partial charge on any atom is -0.463 e. The predicted molar refractivity (Wildman–Crippen MR) is 166 cm³/mol. The van der Waals surface area contributed by atoms with E-state index in [1.807, 2.05) is 0 Å². The van der Waals surface area contributed by atoms with Gasteiger partial charge in [0.05, 0.1) is 28.5 Å². The van der Waals surface area contributed by atoms with Crippen LogP contribution in [-0.4, -0.2) is 71.3 Å². The van der Waals surface area contributed by atoms with Crippen LogP contribution in [0, 0.1) is 18.2 Å². The summed E-state index contributed by atoms with van der Waals surface area (Å²) in [5, 5.41) is 3.73. The maximum absolute atomic E-state index is 16.7. The molecule has 4 fully saturated rings. The van der Waals surface area contributed by atoms with E-state index in [4.69, 9.17) is 27.1 Å². The Bertz CT molecular complexity index is 1610. The van der Waals surface area contributed by atoms with Crippen LogP contribution in [0.3, 0.4) is 0 Å². The second kappa shape index (κ2) is 11.7. The molecule has 0 amide bonds. The number of aromatic nitrogens is 3. The second-order valence-electron chi connectivity index (χ2n) is 13.4. The molecular formula is C32H38ClF4N7O. The van der Waals surface area contributed by atoms with E-state index in [9.17, 15) is 13.2 Å². The Balaban J connectivity index is 1.32. The van der Waals surface area contributed by atoms with Crippen LogP contribution >= 0.6 is 11.6 Å². The van der Waals surface area contributed by atoms with Crippen LogP contribution in [0.1, 0.15) is 62.5 Å². The van der Waals surface area contributed by atoms with Crippen molar-refractivity contribution in [1.29, 1.82) is 0 Å². The van der Waals surface area contributed by atoms with Gasteiger partial charge in [-0.05, 0) is 82.7 Å². The van der Waals surface area contributed by atoms with Gasteiger partial charge in [-0.25, -0.2) is 9.37 Å². The summed E-state index contributed by atoms with van der Waals surface area (Å²) in [5.41, 5.74) is 3.26. The largest absolute Gasteiger partial charge is 0.463 e. The van der Waals surface area contributed by atoms with Crippen molar-refractivity contribution < 1.29 is 22.3 Å². The fourth-order valence-electron chi connectivity index (χ4n) is 7.39. The quantitative estimate of drug-likeness (QED) is 0.286. The molecule has 3 N–H and O–H groups in total. The van der Waals surface area contributed by atoms with Crippen molar-refractivity contribution in [3.63, 3.8) is 0 Å². The van der Waals surface area contributed by atoms with Crippen LogP contribution in [0.25, 0.3) is 22.2 Å². The summed E-state index contributed by atoms with van der Waals surface area (Å²) in [6.45, 7) is 6.07. The number of likely N-dealkylation sites (tertiary alicyclic amines) is 1. The molecule has 2 bridgehead atoms. The summed E-state index contributed by atoms with van der Waals surface area (Å²) in [4.78, 5) is 17.8. The number of halogens is 5. The van der Waals surface area contributed by atoms with Gasteiger partial charge in [0.2, 0.25) is 0 Å². The lowest BCUT2D eigenvalue weighted by atomic mass is 9.99. The number of fused-ring (bicyclic) bond motifs is 3. The first-order valence-electron chi connectivity index (χ1n) is 15.9. The number of benzene rings is 1. The number of alkyl halides is 3. The van der Waals surface area contributed by atoms with Crippen molar-refractivity contribution in [2.75, 3.05) is 50.0 Å². The number of anilines is 2. The molecule has 1 aliphatic carbocycles. The molecule has 3 aliphatic heterocycles. The average Bonchev–Trinajstić information content (AvgIpc) is 3.64. The Kier molecular flexibility index (Phi) is 7.97. The monoisotopic (exact) mass is 647 g/mol. The summed E-state index contributed by atoms with van der Waals surface area (Å²) in [6.07, 6.45) is 3.90. The van der Waals surface area contributed by atoms with Crippen molar-refractivity contribution >= 4 is 34.1 Å². The van der Waals surface area contributed by atoms with Crippen LogP contribution in [0.5, 0.6) is 6.01 Å². The Labute approximate surface area is 264 Å². The molecule has 4 aliphatic rings. The highest BCUT2D eigenvalue weighted by Gasteiger charge is 2.45. The SMILES string of the molecule is Cc1cc(N)nc(-c2c(Cl)cc3c(N4CC[C@H]5CC[C@@H](C4)N5)nc(OCC4(CN5CCCCC5)CC4)nc3c2F)c1C(F)(F)F. The Morgan fingerprint density at radius 3 is 2.53 bits per heavy atom. The van der Waals surface area contributed by atoms with Crippen LogP contribution in [0.15, 0.2) is 12.1 Å². The van der Waals surface area contributed by atoms with E-state index >= 15 is 4.39 Å². The molecular weight excluding hydrogens is 610 g/mol. The maximum Gasteiger partial charge on any atom is 0.418 e. The van der Waals surface area contributed by atoms with Gasteiger partial charge in [-0.2, -0.15) is 23.1 Å². The lowest BCUT2D eigenvalue weighted by molar-refractivity contribution is -0.137. The molecule has 45 heavy (non-hydrogen) atoms. The normalized spacial score (nSPS) is 23.4. The number of nitrogens with one attached hydrogen (secondary N) is 1. The summed E-state index contributed by atoms with van der Waals surface area (Å²) < 4.78 is 65.7. The van der Waals surface area contributed by atoms with E-state index in [1.165, 1.54) is 32.3 Å². The third kappa shape index (κ3) is 6.13. The van der Waals surface area contributed by atoms with Crippen LogP contribution in [0.4, 0.5) is 29.2 Å². The molecule has 0 radical (unpaired) electrons. The number of pyridine rings is 1. The zero-order chi connectivity index (χ0) is 31.5. The number of rotatable bonds is 7. The highest BCUT2D eigenvalue weighted by atomic mass is 35.5. The molecule has 0 spiro atoms. The number of nitrogen functional groups attached to an aromatic ring is 1. The van der Waals surface area contributed by atoms with Gasteiger partial charge in [0, 0.05) is 42.5 Å². The Morgan fingerprint density at radius 1 is 1.04 bits per heavy atom. The number of hydrogen-bond donors (Lipinski definition) is 2. The molecule has 0 unspecified atom stereocenters. The standard InChI is InChI=1S/C32H38ClF4N7O/c1-18-13-23(38)40-28(25(18)32(35,36)37)24-22(33)14-21-27(26(24)34)41-30(42-29(21)44-12-7-19-5-6-20(15-44)39-19)45-17-31(8-9-31)16-43-10-3-2-4-11-43/h13-14,19-20,39H,2-12,15-17H2,1H3,(H2,38,40)/t19-,20+/m1/s1. The molecule has 5 heterocycles. The van der Waals surface area contributed by atoms with E-state index in [2.05, 4.69) is 25.1 Å². The first-order chi connectivity index (χ1) is 21.5. The van der Waals surface area contributed by atoms with Crippen LogP contribution in [-0.2, 0) is 6.18 Å². The molecule has 3 saturated heterocycles. The maximum atomic E-state index is 16.7. The highest BCUT2D eigenvalue weighted by Crippen LogP contribution is 2.48. The minimum atomic E-state index is -4.82. The molecule has 3 aromatic rings. The van der Waals surface area contributed by atoms with Crippen molar-refractivity contribution in [3.8, 4) is 17.3 Å². The van der Waals surface area contributed by atoms with Gasteiger partial charge in [0.1, 0.15) is 17.2 Å². The van der Waals surface area contributed by atoms with Gasteiger partial charge in [0.15, 0.2) is 5.82 Å². The van der Waals surface area contributed by atoms with Crippen molar-refractivity contribution in [2.24, 2.45) is 5.41 Å². The lowest BCUT2D eigenvalue weighted by Crippen LogP contribution is -2.37. The van der Waals surface area contributed by atoms with Crippen LogP contribution in [0.2, 0.25) is 5.02 Å². The zero-order valence-electron chi connectivity index (χ0n) is 25.3. The summed E-state index contributed by atoms with van der Waals surface area (Å²) in [5.74, 6) is -0.725. The van der Waals surface area contributed by atoms with Crippen molar-refractivity contribution in [3.05, 3.63) is 34.1 Å². The molecule has 2 atom stereocenters. The summed E-state index contributed by atoms with van der Waals surface area (Å²) in [6, 6.07) is 3.22. The van der Waals surface area contributed by atoms with E-state index in [1.54, 1.807) is 0 Å². The number of aryl methyl sites for hydroxylation is 1. The van der Waals surface area contributed by atoms with Crippen molar-refractivity contribution in [2.45, 2.75) is 76.6 Å². The first-order valence-corrected chi connectivity index (χ1v) is 16.3. The predicted octanol–water partition coefficient (Wildman–Crippen LogP) is 6.37. The first kappa shape index (κ1) is 30.7. The van der Waals surface area contributed by atoms with Gasteiger partial charge in [0.25, 0.3) is 0 Å². The molecule has 8 nitrogen and oxygen atoms in total. The number of nitrogens with two attached hydrogens (primary N) is 1. The fraction of sp³-hybridized carbons (Fsp3) is 0.594. The minimum absolute atomic E-state index is 0.00415. The Hall–Kier alpha value is -2.96. The molecule has 1 saturated carbocycles. The van der Waals surface area contributed by atoms with Gasteiger partial charge < -0.3 is 25.6 Å². The Morgan fingerprint density at radius 2 is 1.80 bits per heavy atom. The molecule has 242 valence electrons. The van der Waals surface area contributed by atoms with Gasteiger partial charge in [-0.1, -0.05) is 18.0 Å². The smallest absolute Gasteiger partial charge is 0.418 e. The highest BCUT2D eigenvalue weighted by molar-refractivity contribution is 6.34. The average molecular weight is 648 g/mol. The topological polar surface area (TPSA) is 92.4 Å². The van der Waals surface area contributed by atoms with E-state index in [0.29, 0.717) is 36.9 Å². The third-order valence-electron chi connectivity index (χ3n) is 9.89. The lowest BCUT2D eigenvalue weighted by Gasteiger charge is -2.30. The molecule has 1 aromatic carbocycles. The van der Waals surface area contributed by atoms with Crippen molar-refractivity contribution in [1.82, 2.24) is 25.2 Å². The second-order valence-corrected chi connectivity index (χ2v) is 13.8. The summed E-state index contributed by atoms with van der Waals surface area (Å²) in [7, 11) is 0. The van der Waals surface area contributed by atoms with Gasteiger partial charge in [-0.15, -0.1) is 0 Å². The van der Waals surface area contributed by atoms with E-state index in [-0.39, 0.29) is 39.4 Å². The van der Waals surface area contributed by atoms with E-state index in [0.717, 1.165) is 57.8 Å². The van der Waals surface area contributed by atoms with Crippen LogP contribution < -0.4 is 20.7 Å². The summed E-state index contributed by atoms with van der Waals surface area (Å²) >= 11 is 6.63. The molecule has 7 rings (SSSR count). The molecule has 2 aromatic heterocycles. The number of nitrogens with zero attached hydrogens (tertiary/aromatic N) is 5. The van der Waals surface area contributed by atoms with E-state index < -0.39 is 28.8 Å². The molecule has 13 heteroatoms. The number of ether oxygens (including phenoxy) is 1. The third-order valence-corrected chi connectivity index (χ3v) is 10.2. The van der Waals surface area contributed by atoms with Gasteiger partial charge >= 0.3 is 12.2 Å².